The van der Waals surface area contributed by atoms with Crippen molar-refractivity contribution in [2.75, 3.05) is 4.90 Å². The van der Waals surface area contributed by atoms with E-state index < -0.39 is 17.4 Å². The average Bonchev–Trinajstić information content (AvgIpc) is 2.58. The largest absolute Gasteiger partial charge is 0.444 e. The number of nitrogens with zero attached hydrogens (tertiary/aromatic N) is 3. The number of nitrogens with one attached hydrogen (secondary N) is 1. The molecule has 1 saturated carbocycles. The van der Waals surface area contributed by atoms with E-state index >= 15 is 0 Å². The second kappa shape index (κ2) is 7.93. The molecule has 8 heteroatoms. The summed E-state index contributed by atoms with van der Waals surface area (Å²) in [7, 11) is 0. The Bertz CT molecular complexity index is 834. The van der Waals surface area contributed by atoms with Crippen LogP contribution in [0.15, 0.2) is 28.2 Å². The van der Waals surface area contributed by atoms with E-state index in [1.54, 1.807) is 0 Å². The molecular weight excluding hydrogens is 368 g/mol. The zero-order valence-electron chi connectivity index (χ0n) is 17.8. The molecule has 1 aromatic carbocycles. The number of alkyl carbamates (subject to hydrolysis) is 1. The highest BCUT2D eigenvalue weighted by Gasteiger charge is 2.42. The first kappa shape index (κ1) is 21.0. The molecule has 3 rings (SSSR count). The number of benzene rings is 1. The van der Waals surface area contributed by atoms with Gasteiger partial charge in [-0.2, -0.15) is 4.99 Å². The van der Waals surface area contributed by atoms with Crippen LogP contribution in [0.25, 0.3) is 0 Å². The molecule has 0 atom stereocenters. The number of guanidine groups is 2. The molecule has 8 nitrogen and oxygen atoms in total. The molecule has 2 aliphatic rings. The molecule has 1 aliphatic heterocycles. The first-order valence-electron chi connectivity index (χ1n) is 10.2. The number of hydrogen-bond donors (Lipinski definition) is 3. The summed E-state index contributed by atoms with van der Waals surface area (Å²) < 4.78 is 5.32. The van der Waals surface area contributed by atoms with Gasteiger partial charge in [-0.25, -0.2) is 9.79 Å². The van der Waals surface area contributed by atoms with Crippen molar-refractivity contribution in [2.24, 2.45) is 21.5 Å². The van der Waals surface area contributed by atoms with Crippen LogP contribution >= 0.6 is 0 Å². The van der Waals surface area contributed by atoms with E-state index in [4.69, 9.17) is 21.2 Å². The lowest BCUT2D eigenvalue weighted by molar-refractivity contribution is 0.0523. The van der Waals surface area contributed by atoms with Gasteiger partial charge >= 0.3 is 6.09 Å². The normalized spacial score (nSPS) is 18.8. The summed E-state index contributed by atoms with van der Waals surface area (Å²) in [6.07, 6.45) is 4.63. The van der Waals surface area contributed by atoms with Gasteiger partial charge in [-0.15, -0.1) is 0 Å². The lowest BCUT2D eigenvalue weighted by atomic mass is 9.87. The Morgan fingerprint density at radius 2 is 1.90 bits per heavy atom. The summed E-state index contributed by atoms with van der Waals surface area (Å²) in [6.45, 7) is 7.89. The average molecular weight is 401 g/mol. The van der Waals surface area contributed by atoms with Crippen LogP contribution in [-0.4, -0.2) is 29.3 Å². The summed E-state index contributed by atoms with van der Waals surface area (Å²) in [6, 6.07) is 6.11. The summed E-state index contributed by atoms with van der Waals surface area (Å²) in [4.78, 5) is 23.0. The van der Waals surface area contributed by atoms with Gasteiger partial charge in [0.1, 0.15) is 11.3 Å². The third-order valence-electron chi connectivity index (χ3n) is 5.07. The number of carbonyl (C=O) groups is 1. The number of ether oxygens (including phenoxy) is 1. The summed E-state index contributed by atoms with van der Waals surface area (Å²) in [5, 5.41) is 2.81. The van der Waals surface area contributed by atoms with Gasteiger partial charge in [0, 0.05) is 12.2 Å². The lowest BCUT2D eigenvalue weighted by Gasteiger charge is -2.45. The zero-order chi connectivity index (χ0) is 21.2. The molecule has 0 aromatic heterocycles. The number of rotatable bonds is 3. The number of nitrogens with two attached hydrogens (primary N) is 2. The Morgan fingerprint density at radius 1 is 1.21 bits per heavy atom. The molecular formula is C21H32N6O2. The van der Waals surface area contributed by atoms with Gasteiger partial charge in [0.15, 0.2) is 0 Å². The van der Waals surface area contributed by atoms with Gasteiger partial charge in [-0.1, -0.05) is 12.5 Å². The number of aliphatic imine (C=N–C) groups is 2. The molecule has 0 unspecified atom stereocenters. The highest BCUT2D eigenvalue weighted by Crippen LogP contribution is 2.39. The number of carbonyl (C=O) groups excluding carboxylic acids is 1. The maximum Gasteiger partial charge on any atom is 0.407 e. The predicted octanol–water partition coefficient (Wildman–Crippen LogP) is 3.13. The first-order valence-corrected chi connectivity index (χ1v) is 10.2. The predicted molar refractivity (Wildman–Crippen MR) is 116 cm³/mol. The van der Waals surface area contributed by atoms with Gasteiger partial charge in [0.05, 0.1) is 0 Å². The van der Waals surface area contributed by atoms with Crippen LogP contribution in [-0.2, 0) is 11.3 Å². The molecule has 1 amide bonds. The number of amides is 1. The maximum atomic E-state index is 12.0. The van der Waals surface area contributed by atoms with Crippen molar-refractivity contribution in [1.29, 1.82) is 0 Å². The topological polar surface area (TPSA) is 118 Å². The SMILES string of the molecule is Cc1cc(CNC(=O)OC(C)(C)C)cc(N2C(N)=NC(N)=NC23CCCCC3)c1. The third-order valence-corrected chi connectivity index (χ3v) is 5.07. The van der Waals surface area contributed by atoms with Gasteiger partial charge in [-0.3, -0.25) is 4.90 Å². The van der Waals surface area contributed by atoms with Crippen molar-refractivity contribution in [2.45, 2.75) is 77.6 Å². The second-order valence-electron chi connectivity index (χ2n) is 8.85. The van der Waals surface area contributed by atoms with Gasteiger partial charge < -0.3 is 21.5 Å². The minimum atomic E-state index is -0.536. The van der Waals surface area contributed by atoms with E-state index in [2.05, 4.69) is 16.4 Å². The molecule has 1 fully saturated rings. The van der Waals surface area contributed by atoms with E-state index in [0.717, 1.165) is 42.5 Å². The molecule has 29 heavy (non-hydrogen) atoms. The van der Waals surface area contributed by atoms with E-state index in [9.17, 15) is 4.79 Å². The Morgan fingerprint density at radius 3 is 2.55 bits per heavy atom. The molecule has 0 radical (unpaired) electrons. The molecule has 1 aromatic rings. The summed E-state index contributed by atoms with van der Waals surface area (Å²) in [5.41, 5.74) is 14.2. The second-order valence-corrected chi connectivity index (χ2v) is 8.85. The third kappa shape index (κ3) is 4.99. The van der Waals surface area contributed by atoms with Crippen LogP contribution in [0.5, 0.6) is 0 Å². The van der Waals surface area contributed by atoms with Crippen molar-refractivity contribution in [3.63, 3.8) is 0 Å². The molecule has 5 N–H and O–H groups in total. The molecule has 1 heterocycles. The lowest BCUT2D eigenvalue weighted by Crippen LogP contribution is -2.58. The van der Waals surface area contributed by atoms with Crippen molar-refractivity contribution >= 4 is 23.7 Å². The smallest absolute Gasteiger partial charge is 0.407 e. The van der Waals surface area contributed by atoms with Crippen LogP contribution in [0.2, 0.25) is 0 Å². The fourth-order valence-electron chi connectivity index (χ4n) is 4.06. The van der Waals surface area contributed by atoms with Crippen molar-refractivity contribution in [3.05, 3.63) is 29.3 Å². The molecule has 158 valence electrons. The highest BCUT2D eigenvalue weighted by atomic mass is 16.6. The molecule has 1 aliphatic carbocycles. The van der Waals surface area contributed by atoms with Crippen LogP contribution in [0, 0.1) is 6.92 Å². The van der Waals surface area contributed by atoms with Crippen LogP contribution in [0.3, 0.4) is 0 Å². The van der Waals surface area contributed by atoms with Crippen LogP contribution in [0.1, 0.15) is 64.0 Å². The monoisotopic (exact) mass is 400 g/mol. The minimum Gasteiger partial charge on any atom is -0.444 e. The van der Waals surface area contributed by atoms with Crippen molar-refractivity contribution in [1.82, 2.24) is 5.32 Å². The molecule has 0 bridgehead atoms. The molecule has 1 spiro atoms. The van der Waals surface area contributed by atoms with E-state index in [1.165, 1.54) is 6.42 Å². The minimum absolute atomic E-state index is 0.236. The van der Waals surface area contributed by atoms with E-state index in [0.29, 0.717) is 12.5 Å². The fraction of sp³-hybridized carbons (Fsp3) is 0.571. The van der Waals surface area contributed by atoms with E-state index in [1.807, 2.05) is 44.7 Å². The summed E-state index contributed by atoms with van der Waals surface area (Å²) >= 11 is 0. The van der Waals surface area contributed by atoms with Crippen LogP contribution in [0.4, 0.5) is 10.5 Å². The van der Waals surface area contributed by atoms with E-state index in [-0.39, 0.29) is 5.96 Å². The maximum absolute atomic E-state index is 12.0. The number of aryl methyl sites for hydroxylation is 1. The Labute approximate surface area is 172 Å². The first-order chi connectivity index (χ1) is 13.6. The van der Waals surface area contributed by atoms with Crippen molar-refractivity contribution < 1.29 is 9.53 Å². The molecule has 0 saturated heterocycles. The standard InChI is InChI=1S/C21H32N6O2/c1-14-10-15(13-24-19(28)29-20(2,3)4)12-16(11-14)27-18(23)25-17(22)26-21(27)8-6-5-7-9-21/h10-12H,5-9,13H2,1-4H3,(H,24,28)(H4,22,23,25,26). The quantitative estimate of drug-likeness (QED) is 0.720. The van der Waals surface area contributed by atoms with Crippen LogP contribution < -0.4 is 21.7 Å². The Balaban J connectivity index is 1.86. The van der Waals surface area contributed by atoms with Gasteiger partial charge in [-0.05, 0) is 76.6 Å². The highest BCUT2D eigenvalue weighted by molar-refractivity contribution is 6.05. The Hall–Kier alpha value is -2.77. The van der Waals surface area contributed by atoms with Gasteiger partial charge in [0.2, 0.25) is 11.9 Å². The van der Waals surface area contributed by atoms with Gasteiger partial charge in [0.25, 0.3) is 0 Å². The fourth-order valence-corrected chi connectivity index (χ4v) is 4.06. The van der Waals surface area contributed by atoms with Crippen molar-refractivity contribution in [3.8, 4) is 0 Å². The number of hydrogen-bond acceptors (Lipinski definition) is 7. The zero-order valence-corrected chi connectivity index (χ0v) is 17.8. The number of anilines is 1. The Kier molecular flexibility index (Phi) is 5.73. The summed E-state index contributed by atoms with van der Waals surface area (Å²) in [5.74, 6) is 0.594.